The summed E-state index contributed by atoms with van der Waals surface area (Å²) in [5, 5.41) is 10.4. The van der Waals surface area contributed by atoms with E-state index in [1.54, 1.807) is 0 Å². The molecule has 0 saturated carbocycles. The van der Waals surface area contributed by atoms with Gasteiger partial charge in [-0.1, -0.05) is 152 Å². The summed E-state index contributed by atoms with van der Waals surface area (Å²) in [6, 6.07) is 62.7. The molecule has 0 bridgehead atoms. The van der Waals surface area contributed by atoms with E-state index in [-0.39, 0.29) is 0 Å². The molecule has 0 nitrogen and oxygen atoms in total. The Kier molecular flexibility index (Phi) is 5.38. The van der Waals surface area contributed by atoms with Gasteiger partial charge in [0.1, 0.15) is 0 Å². The van der Waals surface area contributed by atoms with Gasteiger partial charge in [0.25, 0.3) is 0 Å². The van der Waals surface area contributed by atoms with Crippen molar-refractivity contribution in [3.8, 4) is 55.6 Å². The zero-order valence-corrected chi connectivity index (χ0v) is 25.2. The number of benzene rings is 9. The number of fused-ring (bicyclic) bond motifs is 7. The van der Waals surface area contributed by atoms with Crippen molar-refractivity contribution in [2.75, 3.05) is 0 Å². The van der Waals surface area contributed by atoms with Crippen molar-refractivity contribution in [1.29, 1.82) is 0 Å². The van der Waals surface area contributed by atoms with Crippen LogP contribution in [0.3, 0.4) is 0 Å². The molecule has 0 saturated heterocycles. The van der Waals surface area contributed by atoms with Gasteiger partial charge in [0.2, 0.25) is 0 Å². The molecule has 46 heavy (non-hydrogen) atoms. The average Bonchev–Trinajstić information content (AvgIpc) is 3.45. The highest BCUT2D eigenvalue weighted by Crippen LogP contribution is 2.59. The number of rotatable bonds is 3. The number of hydrogen-bond acceptors (Lipinski definition) is 0. The van der Waals surface area contributed by atoms with E-state index in [9.17, 15) is 0 Å². The fourth-order valence-corrected chi connectivity index (χ4v) is 8.04. The van der Waals surface area contributed by atoms with Gasteiger partial charge in [0, 0.05) is 0 Å². The molecule has 212 valence electrons. The Balaban J connectivity index is 1.46. The van der Waals surface area contributed by atoms with Gasteiger partial charge in [-0.3, -0.25) is 0 Å². The Morgan fingerprint density at radius 1 is 0.239 bits per heavy atom. The minimum Gasteiger partial charge on any atom is -0.0622 e. The first-order valence-corrected chi connectivity index (χ1v) is 16.0. The van der Waals surface area contributed by atoms with Crippen molar-refractivity contribution >= 4 is 43.1 Å². The quantitative estimate of drug-likeness (QED) is 0.144. The smallest absolute Gasteiger partial charge is 0.000719 e. The van der Waals surface area contributed by atoms with Crippen LogP contribution in [0.5, 0.6) is 0 Å². The van der Waals surface area contributed by atoms with Crippen LogP contribution in [-0.2, 0) is 0 Å². The molecule has 0 N–H and O–H groups in total. The molecule has 0 radical (unpaired) electrons. The highest BCUT2D eigenvalue weighted by atomic mass is 14.3. The van der Waals surface area contributed by atoms with Crippen molar-refractivity contribution in [3.63, 3.8) is 0 Å². The third-order valence-electron chi connectivity index (χ3n) is 9.94. The van der Waals surface area contributed by atoms with E-state index in [2.05, 4.69) is 170 Å². The monoisotopic (exact) mass is 580 g/mol. The highest BCUT2D eigenvalue weighted by Gasteiger charge is 2.31. The third kappa shape index (κ3) is 3.56. The van der Waals surface area contributed by atoms with Gasteiger partial charge in [-0.15, -0.1) is 0 Å². The summed E-state index contributed by atoms with van der Waals surface area (Å²) in [6.07, 6.45) is 0. The van der Waals surface area contributed by atoms with E-state index in [4.69, 9.17) is 0 Å². The molecule has 0 unspecified atom stereocenters. The van der Waals surface area contributed by atoms with E-state index in [1.807, 2.05) is 0 Å². The van der Waals surface area contributed by atoms with Gasteiger partial charge in [0.15, 0.2) is 0 Å². The van der Waals surface area contributed by atoms with Crippen LogP contribution < -0.4 is 0 Å². The van der Waals surface area contributed by atoms with Crippen LogP contribution in [0.2, 0.25) is 0 Å². The summed E-state index contributed by atoms with van der Waals surface area (Å²) >= 11 is 0. The molecule has 0 aliphatic heterocycles. The summed E-state index contributed by atoms with van der Waals surface area (Å²) in [7, 11) is 0. The van der Waals surface area contributed by atoms with Crippen molar-refractivity contribution < 1.29 is 0 Å². The Morgan fingerprint density at radius 2 is 0.717 bits per heavy atom. The second-order valence-corrected chi connectivity index (χ2v) is 12.4. The van der Waals surface area contributed by atoms with Crippen LogP contribution in [-0.4, -0.2) is 0 Å². The van der Waals surface area contributed by atoms with Crippen molar-refractivity contribution in [2.45, 2.75) is 0 Å². The average molecular weight is 581 g/mol. The van der Waals surface area contributed by atoms with E-state index in [1.165, 1.54) is 98.7 Å². The first-order chi connectivity index (χ1) is 22.8. The van der Waals surface area contributed by atoms with Gasteiger partial charge in [0.05, 0.1) is 0 Å². The Morgan fingerprint density at radius 3 is 1.30 bits per heavy atom. The van der Waals surface area contributed by atoms with E-state index in [0.717, 1.165) is 0 Å². The maximum atomic E-state index is 2.49. The van der Waals surface area contributed by atoms with E-state index < -0.39 is 0 Å². The maximum Gasteiger partial charge on any atom is -0.000719 e. The zero-order valence-electron chi connectivity index (χ0n) is 25.2. The standard InChI is InChI=1S/C46H28/c1-4-14-29(15-5-1)34-22-12-23-35-36-24-13-25-37-44(36)41(28-38(34)35)46-43(31-18-8-3-9-19-31)40-27-33-21-11-10-20-32(33)26-39(40)42(45(37)46)30-16-6-2-7-17-30/h1-28H. The fourth-order valence-electron chi connectivity index (χ4n) is 8.04. The maximum absolute atomic E-state index is 2.49. The molecule has 9 aromatic carbocycles. The van der Waals surface area contributed by atoms with E-state index >= 15 is 0 Å². The van der Waals surface area contributed by atoms with Crippen LogP contribution in [0.25, 0.3) is 98.7 Å². The number of hydrogen-bond donors (Lipinski definition) is 0. The first-order valence-electron chi connectivity index (χ1n) is 16.0. The van der Waals surface area contributed by atoms with Gasteiger partial charge in [-0.25, -0.2) is 0 Å². The molecule has 0 atom stereocenters. The second kappa shape index (κ2) is 9.76. The molecule has 0 aromatic heterocycles. The third-order valence-corrected chi connectivity index (χ3v) is 9.94. The molecular formula is C46H28. The summed E-state index contributed by atoms with van der Waals surface area (Å²) in [6.45, 7) is 0. The molecule has 9 aromatic rings. The summed E-state index contributed by atoms with van der Waals surface area (Å²) in [5.74, 6) is 0. The zero-order chi connectivity index (χ0) is 30.2. The topological polar surface area (TPSA) is 0 Å². The first kappa shape index (κ1) is 25.4. The molecule has 10 rings (SSSR count). The lowest BCUT2D eigenvalue weighted by molar-refractivity contribution is 1.63. The Hall–Kier alpha value is -5.98. The van der Waals surface area contributed by atoms with Gasteiger partial charge >= 0.3 is 0 Å². The van der Waals surface area contributed by atoms with Crippen molar-refractivity contribution in [2.24, 2.45) is 0 Å². The molecule has 0 heterocycles. The Bertz CT molecular complexity index is 2650. The second-order valence-electron chi connectivity index (χ2n) is 12.4. The normalized spacial score (nSPS) is 11.9. The SMILES string of the molecule is c1ccc(-c2c3c(c(-c4ccccc4)c4cc5ccccc5cc24)-c2cc4c(-c5ccccc5)cccc4c4cccc-3c24)cc1. The molecule has 0 spiro atoms. The summed E-state index contributed by atoms with van der Waals surface area (Å²) < 4.78 is 0. The lowest BCUT2D eigenvalue weighted by atomic mass is 9.81. The van der Waals surface area contributed by atoms with E-state index in [0.29, 0.717) is 0 Å². The van der Waals surface area contributed by atoms with Crippen LogP contribution in [0.1, 0.15) is 0 Å². The van der Waals surface area contributed by atoms with Gasteiger partial charge in [-0.05, 0) is 117 Å². The van der Waals surface area contributed by atoms with Crippen LogP contribution in [0, 0.1) is 0 Å². The van der Waals surface area contributed by atoms with Crippen molar-refractivity contribution in [1.82, 2.24) is 0 Å². The molecule has 1 aliphatic rings. The predicted octanol–water partition coefficient (Wildman–Crippen LogP) is 12.9. The largest absolute Gasteiger partial charge is 0.0622 e. The minimum absolute atomic E-state index is 1.24. The summed E-state index contributed by atoms with van der Waals surface area (Å²) in [5.41, 5.74) is 12.9. The van der Waals surface area contributed by atoms with Crippen LogP contribution in [0.15, 0.2) is 170 Å². The highest BCUT2D eigenvalue weighted by molar-refractivity contribution is 6.32. The van der Waals surface area contributed by atoms with Gasteiger partial charge < -0.3 is 0 Å². The van der Waals surface area contributed by atoms with Crippen LogP contribution >= 0.6 is 0 Å². The minimum atomic E-state index is 1.24. The lowest BCUT2D eigenvalue weighted by Gasteiger charge is -2.21. The molecule has 0 amide bonds. The summed E-state index contributed by atoms with van der Waals surface area (Å²) in [4.78, 5) is 0. The molecular weight excluding hydrogens is 553 g/mol. The lowest BCUT2D eigenvalue weighted by Crippen LogP contribution is -1.94. The van der Waals surface area contributed by atoms with Crippen molar-refractivity contribution in [3.05, 3.63) is 170 Å². The van der Waals surface area contributed by atoms with Gasteiger partial charge in [-0.2, -0.15) is 0 Å². The molecule has 0 fully saturated rings. The molecule has 0 heteroatoms. The fraction of sp³-hybridized carbons (Fsp3) is 0. The molecule has 1 aliphatic carbocycles. The predicted molar refractivity (Wildman–Crippen MR) is 197 cm³/mol. The van der Waals surface area contributed by atoms with Crippen LogP contribution in [0.4, 0.5) is 0 Å². The Labute approximate surface area is 267 Å².